The van der Waals surface area contributed by atoms with Crippen LogP contribution in [0.2, 0.25) is 0 Å². The summed E-state index contributed by atoms with van der Waals surface area (Å²) < 4.78 is 11.6. The predicted molar refractivity (Wildman–Crippen MR) is 126 cm³/mol. The van der Waals surface area contributed by atoms with E-state index in [-0.39, 0.29) is 0 Å². The van der Waals surface area contributed by atoms with Gasteiger partial charge in [-0.1, -0.05) is 12.1 Å². The molecule has 1 aliphatic rings. The molecule has 1 fully saturated rings. The molecule has 31 heavy (non-hydrogen) atoms. The highest BCUT2D eigenvalue weighted by Gasteiger charge is 2.17. The molecule has 2 heterocycles. The van der Waals surface area contributed by atoms with E-state index in [2.05, 4.69) is 53.7 Å². The summed E-state index contributed by atoms with van der Waals surface area (Å²) in [5, 5.41) is 6.76. The lowest BCUT2D eigenvalue weighted by atomic mass is 10.1. The van der Waals surface area contributed by atoms with Crippen molar-refractivity contribution < 1.29 is 9.47 Å². The summed E-state index contributed by atoms with van der Waals surface area (Å²) in [7, 11) is 3.98. The number of aryl methyl sites for hydroxylation is 1. The van der Waals surface area contributed by atoms with Gasteiger partial charge in [0.2, 0.25) is 0 Å². The molecule has 0 saturated carbocycles. The van der Waals surface area contributed by atoms with E-state index >= 15 is 0 Å². The minimum atomic E-state index is 0.479. The van der Waals surface area contributed by atoms with Crippen molar-refractivity contribution in [2.45, 2.75) is 33.4 Å². The molecule has 2 N–H and O–H groups in total. The Hall–Kier alpha value is -2.80. The SMILES string of the molecule is CCNC(=NCc1ccnc(N(C)C)c1)NCc1ccc(C)cc1OCC1CCOC1. The molecule has 3 rings (SSSR count). The monoisotopic (exact) mass is 425 g/mol. The van der Waals surface area contributed by atoms with Crippen molar-refractivity contribution in [1.82, 2.24) is 15.6 Å². The molecular weight excluding hydrogens is 390 g/mol. The van der Waals surface area contributed by atoms with E-state index < -0.39 is 0 Å². The molecule has 168 valence electrons. The van der Waals surface area contributed by atoms with Gasteiger partial charge in [-0.05, 0) is 49.6 Å². The highest BCUT2D eigenvalue weighted by atomic mass is 16.5. The Bertz CT molecular complexity index is 863. The van der Waals surface area contributed by atoms with E-state index in [0.717, 1.165) is 54.8 Å². The normalized spacial score (nSPS) is 16.3. The number of aliphatic imine (C=N–C) groups is 1. The molecule has 0 radical (unpaired) electrons. The Morgan fingerprint density at radius 3 is 2.87 bits per heavy atom. The van der Waals surface area contributed by atoms with Gasteiger partial charge in [0.15, 0.2) is 5.96 Å². The number of guanidine groups is 1. The van der Waals surface area contributed by atoms with Gasteiger partial charge >= 0.3 is 0 Å². The number of nitrogens with zero attached hydrogens (tertiary/aromatic N) is 3. The zero-order valence-electron chi connectivity index (χ0n) is 19.1. The van der Waals surface area contributed by atoms with Crippen molar-refractivity contribution >= 4 is 11.8 Å². The van der Waals surface area contributed by atoms with Gasteiger partial charge in [0, 0.05) is 51.5 Å². The highest BCUT2D eigenvalue weighted by Crippen LogP contribution is 2.22. The van der Waals surface area contributed by atoms with Crippen LogP contribution in [0.5, 0.6) is 5.75 Å². The van der Waals surface area contributed by atoms with Crippen LogP contribution in [0.15, 0.2) is 41.5 Å². The number of hydrogen-bond acceptors (Lipinski definition) is 5. The van der Waals surface area contributed by atoms with Crippen molar-refractivity contribution in [2.24, 2.45) is 10.9 Å². The molecule has 0 bridgehead atoms. The summed E-state index contributed by atoms with van der Waals surface area (Å²) in [6.45, 7) is 8.50. The van der Waals surface area contributed by atoms with Crippen LogP contribution in [0, 0.1) is 12.8 Å². The molecule has 1 aromatic heterocycles. The van der Waals surface area contributed by atoms with Gasteiger partial charge in [-0.25, -0.2) is 9.98 Å². The largest absolute Gasteiger partial charge is 0.493 e. The second kappa shape index (κ2) is 11.6. The van der Waals surface area contributed by atoms with Crippen LogP contribution >= 0.6 is 0 Å². The second-order valence-corrected chi connectivity index (χ2v) is 8.12. The first-order valence-electron chi connectivity index (χ1n) is 11.0. The van der Waals surface area contributed by atoms with Gasteiger partial charge in [-0.2, -0.15) is 0 Å². The zero-order chi connectivity index (χ0) is 22.1. The quantitative estimate of drug-likeness (QED) is 0.475. The summed E-state index contributed by atoms with van der Waals surface area (Å²) in [4.78, 5) is 11.1. The smallest absolute Gasteiger partial charge is 0.191 e. The van der Waals surface area contributed by atoms with Crippen LogP contribution in [0.1, 0.15) is 30.0 Å². The molecular formula is C24H35N5O2. The number of anilines is 1. The minimum absolute atomic E-state index is 0.479. The summed E-state index contributed by atoms with van der Waals surface area (Å²) in [5.41, 5.74) is 3.43. The van der Waals surface area contributed by atoms with Crippen molar-refractivity contribution in [3.8, 4) is 5.75 Å². The summed E-state index contributed by atoms with van der Waals surface area (Å²) in [6, 6.07) is 10.4. The Morgan fingerprint density at radius 2 is 2.13 bits per heavy atom. The molecule has 1 atom stereocenters. The maximum atomic E-state index is 6.17. The summed E-state index contributed by atoms with van der Waals surface area (Å²) >= 11 is 0. The van der Waals surface area contributed by atoms with Crippen molar-refractivity contribution in [1.29, 1.82) is 0 Å². The Kier molecular flexibility index (Phi) is 8.53. The minimum Gasteiger partial charge on any atom is -0.493 e. The van der Waals surface area contributed by atoms with Crippen molar-refractivity contribution in [3.63, 3.8) is 0 Å². The fourth-order valence-electron chi connectivity index (χ4n) is 3.36. The molecule has 1 unspecified atom stereocenters. The van der Waals surface area contributed by atoms with Crippen molar-refractivity contribution in [2.75, 3.05) is 45.4 Å². The highest BCUT2D eigenvalue weighted by molar-refractivity contribution is 5.79. The van der Waals surface area contributed by atoms with E-state index in [4.69, 9.17) is 14.5 Å². The van der Waals surface area contributed by atoms with E-state index in [1.165, 1.54) is 5.56 Å². The van der Waals surface area contributed by atoms with Crippen LogP contribution in [-0.2, 0) is 17.8 Å². The molecule has 7 nitrogen and oxygen atoms in total. The van der Waals surface area contributed by atoms with Crippen molar-refractivity contribution in [3.05, 3.63) is 53.2 Å². The van der Waals surface area contributed by atoms with Gasteiger partial charge in [0.05, 0.1) is 19.8 Å². The maximum absolute atomic E-state index is 6.17. The molecule has 0 spiro atoms. The van der Waals surface area contributed by atoms with E-state index in [1.807, 2.05) is 31.3 Å². The predicted octanol–water partition coefficient (Wildman–Crippen LogP) is 3.13. The summed E-state index contributed by atoms with van der Waals surface area (Å²) in [5.74, 6) is 3.12. The fourth-order valence-corrected chi connectivity index (χ4v) is 3.36. The topological polar surface area (TPSA) is 71.0 Å². The van der Waals surface area contributed by atoms with E-state index in [0.29, 0.717) is 25.6 Å². The number of nitrogens with one attached hydrogen (secondary N) is 2. The number of hydrogen-bond donors (Lipinski definition) is 2. The molecule has 1 aliphatic heterocycles. The lowest BCUT2D eigenvalue weighted by molar-refractivity contribution is 0.166. The van der Waals surface area contributed by atoms with Gasteiger partial charge in [0.1, 0.15) is 11.6 Å². The molecule has 7 heteroatoms. The Morgan fingerprint density at radius 1 is 1.26 bits per heavy atom. The summed E-state index contributed by atoms with van der Waals surface area (Å²) in [6.07, 6.45) is 2.90. The number of aromatic nitrogens is 1. The van der Waals surface area contributed by atoms with Gasteiger partial charge in [-0.15, -0.1) is 0 Å². The second-order valence-electron chi connectivity index (χ2n) is 8.12. The van der Waals surface area contributed by atoms with Crippen LogP contribution in [0.25, 0.3) is 0 Å². The van der Waals surface area contributed by atoms with Crippen LogP contribution in [0.4, 0.5) is 5.82 Å². The van der Waals surface area contributed by atoms with Gasteiger partial charge in [0.25, 0.3) is 0 Å². The standard InChI is InChI=1S/C24H35N5O2/c1-5-25-24(27-14-19-8-10-26-23(13-19)29(3)4)28-15-21-7-6-18(2)12-22(21)31-17-20-9-11-30-16-20/h6-8,10,12-13,20H,5,9,11,14-17H2,1-4H3,(H2,25,27,28). The number of rotatable bonds is 9. The third-order valence-corrected chi connectivity index (χ3v) is 5.20. The number of ether oxygens (including phenoxy) is 2. The Balaban J connectivity index is 1.63. The molecule has 0 aliphatic carbocycles. The first-order chi connectivity index (χ1) is 15.0. The van der Waals surface area contributed by atoms with Gasteiger partial charge < -0.3 is 25.0 Å². The molecule has 0 amide bonds. The molecule has 2 aromatic rings. The average molecular weight is 426 g/mol. The molecule has 1 aromatic carbocycles. The first kappa shape index (κ1) is 22.9. The lowest BCUT2D eigenvalue weighted by Gasteiger charge is -2.17. The third kappa shape index (κ3) is 7.14. The van der Waals surface area contributed by atoms with Gasteiger partial charge in [-0.3, -0.25) is 0 Å². The third-order valence-electron chi connectivity index (χ3n) is 5.20. The molecule has 1 saturated heterocycles. The first-order valence-corrected chi connectivity index (χ1v) is 11.0. The zero-order valence-corrected chi connectivity index (χ0v) is 19.1. The van der Waals surface area contributed by atoms with Crippen LogP contribution < -0.4 is 20.3 Å². The van der Waals surface area contributed by atoms with E-state index in [1.54, 1.807) is 0 Å². The lowest BCUT2D eigenvalue weighted by Crippen LogP contribution is -2.36. The van der Waals surface area contributed by atoms with Crippen LogP contribution in [-0.4, -0.2) is 51.4 Å². The van der Waals surface area contributed by atoms with Crippen LogP contribution in [0.3, 0.4) is 0 Å². The fraction of sp³-hybridized carbons (Fsp3) is 0.500. The average Bonchev–Trinajstić information content (AvgIpc) is 3.29. The maximum Gasteiger partial charge on any atom is 0.191 e. The van der Waals surface area contributed by atoms with E-state index in [9.17, 15) is 0 Å². The Labute approximate surface area is 185 Å². The number of benzene rings is 1. The number of pyridine rings is 1.